The highest BCUT2D eigenvalue weighted by molar-refractivity contribution is 7.90. The Bertz CT molecular complexity index is 1240. The van der Waals surface area contributed by atoms with Crippen LogP contribution in [0.4, 0.5) is 0 Å². The Hall–Kier alpha value is -2.07. The molecule has 3 aromatic rings. The summed E-state index contributed by atoms with van der Waals surface area (Å²) >= 11 is 7.45. The first kappa shape index (κ1) is 28.5. The summed E-state index contributed by atoms with van der Waals surface area (Å²) in [6.45, 7) is 20.2. The van der Waals surface area contributed by atoms with Crippen LogP contribution >= 0.6 is 18.5 Å². The van der Waals surface area contributed by atoms with E-state index < -0.39 is 23.4 Å². The highest BCUT2D eigenvalue weighted by Gasteiger charge is 2.27. The molecule has 4 heteroatoms. The van der Waals surface area contributed by atoms with E-state index in [0.29, 0.717) is 0 Å². The number of halogens is 1. The molecule has 0 spiro atoms. The molecule has 1 atom stereocenters. The van der Waals surface area contributed by atoms with E-state index >= 15 is 0 Å². The van der Waals surface area contributed by atoms with E-state index in [1.807, 2.05) is 0 Å². The van der Waals surface area contributed by atoms with Gasteiger partial charge >= 0.3 is 0 Å². The molecule has 3 aromatic carbocycles. The van der Waals surface area contributed by atoms with Gasteiger partial charge in [-0.25, -0.2) is 0 Å². The minimum atomic E-state index is -1.42. The fraction of sp³-hybridized carbons (Fsp3) is 0.312. The zero-order chi connectivity index (χ0) is 26.7. The van der Waals surface area contributed by atoms with Crippen molar-refractivity contribution in [3.05, 3.63) is 99.6 Å². The largest absolute Gasteiger partial charge is 0.129 e. The number of aryl methyl sites for hydroxylation is 3. The predicted molar refractivity (Wildman–Crippen MR) is 168 cm³/mol. The lowest BCUT2D eigenvalue weighted by molar-refractivity contribution is 1.14. The zero-order valence-electron chi connectivity index (χ0n) is 23.2. The Morgan fingerprint density at radius 3 is 1.33 bits per heavy atom. The molecule has 0 aliphatic rings. The molecule has 0 N–H and O–H groups in total. The molecule has 186 valence electrons. The van der Waals surface area contributed by atoms with Crippen molar-refractivity contribution in [3.8, 4) is 22.9 Å². The van der Waals surface area contributed by atoms with Crippen molar-refractivity contribution in [2.75, 3.05) is 0 Å². The van der Waals surface area contributed by atoms with Crippen LogP contribution in [-0.2, 0) is 0 Å². The topological polar surface area (TPSA) is 0 Å². The maximum atomic E-state index is 7.45. The van der Waals surface area contributed by atoms with Crippen molar-refractivity contribution in [2.45, 2.75) is 65.7 Å². The summed E-state index contributed by atoms with van der Waals surface area (Å²) in [5.41, 5.74) is 15.5. The van der Waals surface area contributed by atoms with Crippen molar-refractivity contribution in [2.24, 2.45) is 0 Å². The summed E-state index contributed by atoms with van der Waals surface area (Å²) in [5.74, 6) is 6.76. The molecule has 0 saturated heterocycles. The monoisotopic (exact) mass is 544 g/mol. The highest BCUT2D eigenvalue weighted by Crippen LogP contribution is 2.58. The minimum Gasteiger partial charge on any atom is -0.127 e. The lowest BCUT2D eigenvalue weighted by Gasteiger charge is -2.27. The first-order valence-corrected chi connectivity index (χ1v) is 21.8. The number of hydrogen-bond acceptors (Lipinski definition) is 0. The van der Waals surface area contributed by atoms with Gasteiger partial charge in [-0.2, -0.15) is 0 Å². The first-order chi connectivity index (χ1) is 16.7. The van der Waals surface area contributed by atoms with Crippen molar-refractivity contribution < 1.29 is 0 Å². The number of benzene rings is 3. The molecule has 0 aliphatic carbocycles. The number of rotatable bonds is 4. The summed E-state index contributed by atoms with van der Waals surface area (Å²) in [6, 6.07) is 22.0. The fourth-order valence-corrected chi connectivity index (χ4v) is 8.55. The second-order valence-electron chi connectivity index (χ2n) is 11.7. The molecule has 3 rings (SSSR count). The van der Waals surface area contributed by atoms with E-state index in [2.05, 4.69) is 144 Å². The average Bonchev–Trinajstić information content (AvgIpc) is 2.76. The molecule has 0 fully saturated rings. The van der Waals surface area contributed by atoms with Crippen LogP contribution in [0.3, 0.4) is 0 Å². The summed E-state index contributed by atoms with van der Waals surface area (Å²) in [5, 5.41) is 1.28. The van der Waals surface area contributed by atoms with E-state index in [-0.39, 0.29) is 5.66 Å². The Morgan fingerprint density at radius 2 is 1.00 bits per heavy atom. The van der Waals surface area contributed by atoms with Crippen molar-refractivity contribution in [1.82, 2.24) is 0 Å². The molecular weight excluding hydrogens is 507 g/mol. The molecule has 36 heavy (non-hydrogen) atoms. The van der Waals surface area contributed by atoms with E-state index in [0.717, 1.165) is 11.1 Å². The Balaban J connectivity index is 2.08. The van der Waals surface area contributed by atoms with Gasteiger partial charge in [-0.05, 0) is 72.6 Å². The van der Waals surface area contributed by atoms with Crippen LogP contribution in [0.2, 0.25) is 39.3 Å². The van der Waals surface area contributed by atoms with Gasteiger partial charge in [0, 0.05) is 24.1 Å². The van der Waals surface area contributed by atoms with Gasteiger partial charge in [-0.3, -0.25) is 0 Å². The van der Waals surface area contributed by atoms with E-state index in [9.17, 15) is 0 Å². The van der Waals surface area contributed by atoms with E-state index in [4.69, 9.17) is 11.2 Å². The molecule has 0 aliphatic heterocycles. The smallest absolute Gasteiger partial charge is 0.127 e. The van der Waals surface area contributed by atoms with Crippen LogP contribution in [0.1, 0.15) is 44.6 Å². The Labute approximate surface area is 227 Å². The lowest BCUT2D eigenvalue weighted by Crippen LogP contribution is -2.16. The second-order valence-corrected chi connectivity index (χ2v) is 23.9. The molecule has 0 aromatic heterocycles. The molecule has 0 radical (unpaired) electrons. The Morgan fingerprint density at radius 1 is 0.639 bits per heavy atom. The minimum absolute atomic E-state index is 0.0831. The molecule has 0 bridgehead atoms. The molecular formula is C32H38ClPSi2. The van der Waals surface area contributed by atoms with Gasteiger partial charge in [0.25, 0.3) is 0 Å². The fourth-order valence-electron chi connectivity index (χ4n) is 4.11. The molecule has 1 unspecified atom stereocenters. The third-order valence-electron chi connectivity index (χ3n) is 5.69. The highest BCUT2D eigenvalue weighted by atomic mass is 35.7. The van der Waals surface area contributed by atoms with Gasteiger partial charge in [0.2, 0.25) is 0 Å². The van der Waals surface area contributed by atoms with Gasteiger partial charge in [-0.15, -0.1) is 11.1 Å². The van der Waals surface area contributed by atoms with Crippen LogP contribution in [-0.4, -0.2) is 16.1 Å². The SMILES string of the molecule is Cc1cc(C)c(P(Cl)C(c2ccc(C#C[Si](C)(C)C)cc2)c2ccc(C#C[Si](C)(C)C)cc2)c(C)c1. The molecule has 0 heterocycles. The molecule has 0 amide bonds. The Kier molecular flexibility index (Phi) is 9.14. The third kappa shape index (κ3) is 7.97. The normalized spacial score (nSPS) is 12.4. The molecule has 0 saturated carbocycles. The average molecular weight is 545 g/mol. The van der Waals surface area contributed by atoms with Crippen LogP contribution in [0, 0.1) is 43.7 Å². The second kappa shape index (κ2) is 11.5. The van der Waals surface area contributed by atoms with Crippen molar-refractivity contribution in [1.29, 1.82) is 0 Å². The van der Waals surface area contributed by atoms with Crippen LogP contribution in [0.25, 0.3) is 0 Å². The third-order valence-corrected chi connectivity index (χ3v) is 10.7. The van der Waals surface area contributed by atoms with Crippen molar-refractivity contribution >= 4 is 40.0 Å². The number of hydrogen-bond donors (Lipinski definition) is 0. The quantitative estimate of drug-likeness (QED) is 0.174. The van der Waals surface area contributed by atoms with Crippen LogP contribution < -0.4 is 5.30 Å². The van der Waals surface area contributed by atoms with E-state index in [1.165, 1.54) is 33.1 Å². The first-order valence-electron chi connectivity index (χ1n) is 12.5. The van der Waals surface area contributed by atoms with Gasteiger partial charge in [0.1, 0.15) is 16.1 Å². The predicted octanol–water partition coefficient (Wildman–Crippen LogP) is 9.12. The lowest BCUT2D eigenvalue weighted by atomic mass is 10.0. The summed E-state index contributed by atoms with van der Waals surface area (Å²) < 4.78 is 0. The maximum Gasteiger partial charge on any atom is 0.129 e. The van der Waals surface area contributed by atoms with Gasteiger partial charge in [-0.1, -0.05) is 104 Å². The summed E-state index contributed by atoms with van der Waals surface area (Å²) in [6.07, 6.45) is 0. The van der Waals surface area contributed by atoms with Crippen LogP contribution in [0.5, 0.6) is 0 Å². The van der Waals surface area contributed by atoms with Crippen LogP contribution in [0.15, 0.2) is 60.7 Å². The summed E-state index contributed by atoms with van der Waals surface area (Å²) in [4.78, 5) is 0. The van der Waals surface area contributed by atoms with Crippen molar-refractivity contribution in [3.63, 3.8) is 0 Å². The van der Waals surface area contributed by atoms with Gasteiger partial charge in [0.15, 0.2) is 0 Å². The van der Waals surface area contributed by atoms with Gasteiger partial charge < -0.3 is 0 Å². The standard InChI is InChI=1S/C32H38ClPSi2/c1-24-22-25(2)31(26(3)23-24)34(33)32(29-14-10-27(11-15-29)18-20-35(4,5)6)30-16-12-28(13-17-30)19-21-36(7,8)9/h10-17,22-23,32H,1-9H3. The zero-order valence-corrected chi connectivity index (χ0v) is 26.8. The van der Waals surface area contributed by atoms with Gasteiger partial charge in [0.05, 0.1) is 0 Å². The van der Waals surface area contributed by atoms with E-state index in [1.54, 1.807) is 0 Å². The molecule has 0 nitrogen and oxygen atoms in total. The maximum absolute atomic E-state index is 7.45. The summed E-state index contributed by atoms with van der Waals surface area (Å²) in [7, 11) is -3.84.